The van der Waals surface area contributed by atoms with E-state index < -0.39 is 17.5 Å². The van der Waals surface area contributed by atoms with Gasteiger partial charge in [0.2, 0.25) is 5.91 Å². The van der Waals surface area contributed by atoms with E-state index in [4.69, 9.17) is 11.6 Å². The zero-order valence-electron chi connectivity index (χ0n) is 19.5. The van der Waals surface area contributed by atoms with E-state index in [1.54, 1.807) is 29.2 Å². The lowest BCUT2D eigenvalue weighted by atomic mass is 9.86. The Balaban J connectivity index is 1.39. The van der Waals surface area contributed by atoms with Gasteiger partial charge in [-0.05, 0) is 36.1 Å². The van der Waals surface area contributed by atoms with Crippen molar-refractivity contribution in [3.8, 4) is 0 Å². The standard InChI is InChI=1S/C23H31ClN6O3/c1-23(2,3)19(26-22(33)25-16-7-5-15(24)6-8-16)21(32)28-10-9-17(11-28)30-14-29-13-27(4)12-18(29)20(30)31/h5-8,12,17,19H,9-11,13-14H2,1-4H3,(H2,25,26,33)/t17?,19-/m0/s1. The van der Waals surface area contributed by atoms with Crippen molar-refractivity contribution < 1.29 is 14.4 Å². The highest BCUT2D eigenvalue weighted by Crippen LogP contribution is 2.30. The number of nitrogens with one attached hydrogen (secondary N) is 2. The summed E-state index contributed by atoms with van der Waals surface area (Å²) in [5, 5.41) is 6.18. The van der Waals surface area contributed by atoms with Gasteiger partial charge in [0, 0.05) is 37.0 Å². The minimum atomic E-state index is -0.711. The number of carbonyl (C=O) groups excluding carboxylic acids is 3. The molecule has 0 radical (unpaired) electrons. The monoisotopic (exact) mass is 474 g/mol. The quantitative estimate of drug-likeness (QED) is 0.699. The first-order valence-electron chi connectivity index (χ1n) is 11.1. The summed E-state index contributed by atoms with van der Waals surface area (Å²) in [5.41, 5.74) is 0.815. The molecule has 4 amide bonds. The van der Waals surface area contributed by atoms with E-state index in [1.807, 2.05) is 48.7 Å². The Morgan fingerprint density at radius 3 is 2.48 bits per heavy atom. The summed E-state index contributed by atoms with van der Waals surface area (Å²) in [6.45, 7) is 8.04. The van der Waals surface area contributed by atoms with Crippen LogP contribution in [0.5, 0.6) is 0 Å². The minimum Gasteiger partial charge on any atom is -0.361 e. The van der Waals surface area contributed by atoms with Gasteiger partial charge < -0.3 is 30.2 Å². The number of fused-ring (bicyclic) bond motifs is 1. The second kappa shape index (κ2) is 8.78. The van der Waals surface area contributed by atoms with Crippen LogP contribution in [-0.4, -0.2) is 83.0 Å². The first-order valence-corrected chi connectivity index (χ1v) is 11.5. The van der Waals surface area contributed by atoms with E-state index in [0.717, 1.165) is 12.1 Å². The van der Waals surface area contributed by atoms with Gasteiger partial charge in [-0.15, -0.1) is 0 Å². The van der Waals surface area contributed by atoms with E-state index in [1.165, 1.54) is 0 Å². The summed E-state index contributed by atoms with van der Waals surface area (Å²) in [5.74, 6) is -0.117. The van der Waals surface area contributed by atoms with Crippen molar-refractivity contribution >= 4 is 35.1 Å². The van der Waals surface area contributed by atoms with Gasteiger partial charge in [0.15, 0.2) is 0 Å². The van der Waals surface area contributed by atoms with Gasteiger partial charge in [-0.1, -0.05) is 32.4 Å². The Labute approximate surface area is 199 Å². The number of nitrogens with zero attached hydrogens (tertiary/aromatic N) is 4. The Bertz CT molecular complexity index is 973. The van der Waals surface area contributed by atoms with Crippen molar-refractivity contribution in [2.75, 3.05) is 38.8 Å². The first-order chi connectivity index (χ1) is 15.5. The number of rotatable bonds is 4. The third-order valence-corrected chi connectivity index (χ3v) is 6.54. The molecule has 178 valence electrons. The highest BCUT2D eigenvalue weighted by molar-refractivity contribution is 6.30. The lowest BCUT2D eigenvalue weighted by Gasteiger charge is -2.34. The molecule has 10 heteroatoms. The van der Waals surface area contributed by atoms with E-state index in [-0.39, 0.29) is 17.9 Å². The van der Waals surface area contributed by atoms with Gasteiger partial charge in [0.1, 0.15) is 11.7 Å². The third kappa shape index (κ3) is 4.88. The second-order valence-corrected chi connectivity index (χ2v) is 10.4. The highest BCUT2D eigenvalue weighted by Gasteiger charge is 2.44. The Morgan fingerprint density at radius 2 is 1.85 bits per heavy atom. The molecule has 0 spiro atoms. The van der Waals surface area contributed by atoms with Crippen LogP contribution in [0.1, 0.15) is 27.2 Å². The Hall–Kier alpha value is -2.94. The molecule has 0 saturated carbocycles. The molecule has 2 fully saturated rings. The minimum absolute atomic E-state index is 0.0199. The van der Waals surface area contributed by atoms with Gasteiger partial charge in [-0.2, -0.15) is 0 Å². The predicted octanol–water partition coefficient (Wildman–Crippen LogP) is 2.32. The second-order valence-electron chi connectivity index (χ2n) is 10.0. The maximum atomic E-state index is 13.4. The van der Waals surface area contributed by atoms with E-state index in [9.17, 15) is 14.4 Å². The molecule has 3 aliphatic heterocycles. The first kappa shape index (κ1) is 23.2. The van der Waals surface area contributed by atoms with Crippen LogP contribution in [0.4, 0.5) is 10.5 Å². The normalized spacial score (nSPS) is 21.3. The molecule has 1 aromatic carbocycles. The van der Waals surface area contributed by atoms with Gasteiger partial charge in [0.05, 0.1) is 19.4 Å². The molecule has 3 heterocycles. The van der Waals surface area contributed by atoms with Gasteiger partial charge >= 0.3 is 6.03 Å². The SMILES string of the molecule is CN1C=C2C(=O)N(C3CCN(C(=O)[C@H](NC(=O)Nc4ccc(Cl)cc4)C(C)(C)C)C3)CN2C1. The number of hydrogen-bond donors (Lipinski definition) is 2. The molecule has 2 saturated heterocycles. The zero-order chi connectivity index (χ0) is 23.9. The number of hydrogen-bond acceptors (Lipinski definition) is 5. The maximum absolute atomic E-state index is 13.4. The fourth-order valence-corrected chi connectivity index (χ4v) is 4.65. The van der Waals surface area contributed by atoms with Gasteiger partial charge in [-0.3, -0.25) is 9.59 Å². The zero-order valence-corrected chi connectivity index (χ0v) is 20.2. The summed E-state index contributed by atoms with van der Waals surface area (Å²) in [6.07, 6.45) is 2.60. The van der Waals surface area contributed by atoms with Crippen LogP contribution in [0.2, 0.25) is 5.02 Å². The molecule has 0 aromatic heterocycles. The van der Waals surface area contributed by atoms with Crippen molar-refractivity contribution in [2.45, 2.75) is 39.3 Å². The molecular formula is C23H31ClN6O3. The Kier molecular flexibility index (Phi) is 6.18. The molecule has 0 aliphatic carbocycles. The van der Waals surface area contributed by atoms with Crippen molar-refractivity contribution in [3.05, 3.63) is 41.2 Å². The molecule has 4 rings (SSSR count). The Morgan fingerprint density at radius 1 is 1.15 bits per heavy atom. The number of likely N-dealkylation sites (tertiary alicyclic amines) is 1. The maximum Gasteiger partial charge on any atom is 0.319 e. The third-order valence-electron chi connectivity index (χ3n) is 6.29. The van der Waals surface area contributed by atoms with E-state index >= 15 is 0 Å². The summed E-state index contributed by atoms with van der Waals surface area (Å²) in [4.78, 5) is 46.6. The molecule has 33 heavy (non-hydrogen) atoms. The lowest BCUT2D eigenvalue weighted by molar-refractivity contribution is -0.135. The molecule has 1 aromatic rings. The summed E-state index contributed by atoms with van der Waals surface area (Å²) >= 11 is 5.90. The van der Waals surface area contributed by atoms with Crippen molar-refractivity contribution in [1.29, 1.82) is 0 Å². The highest BCUT2D eigenvalue weighted by atomic mass is 35.5. The van der Waals surface area contributed by atoms with E-state index in [0.29, 0.717) is 37.1 Å². The average Bonchev–Trinajstić information content (AvgIpc) is 3.43. The molecule has 2 N–H and O–H groups in total. The number of carbonyl (C=O) groups is 3. The summed E-state index contributed by atoms with van der Waals surface area (Å²) in [6, 6.07) is 5.59. The summed E-state index contributed by atoms with van der Waals surface area (Å²) < 4.78 is 0. The predicted molar refractivity (Wildman–Crippen MR) is 126 cm³/mol. The molecule has 1 unspecified atom stereocenters. The van der Waals surface area contributed by atoms with Crippen molar-refractivity contribution in [1.82, 2.24) is 24.9 Å². The van der Waals surface area contributed by atoms with Crippen molar-refractivity contribution in [2.24, 2.45) is 5.41 Å². The van der Waals surface area contributed by atoms with Crippen LogP contribution in [-0.2, 0) is 9.59 Å². The number of urea groups is 1. The van der Waals surface area contributed by atoms with Crippen molar-refractivity contribution in [3.63, 3.8) is 0 Å². The summed E-state index contributed by atoms with van der Waals surface area (Å²) in [7, 11) is 1.95. The van der Waals surface area contributed by atoms with Gasteiger partial charge in [0.25, 0.3) is 5.91 Å². The van der Waals surface area contributed by atoms with Crippen LogP contribution in [0.15, 0.2) is 36.2 Å². The van der Waals surface area contributed by atoms with Crippen LogP contribution in [0.3, 0.4) is 0 Å². The number of benzene rings is 1. The number of anilines is 1. The molecule has 3 aliphatic rings. The fourth-order valence-electron chi connectivity index (χ4n) is 4.52. The average molecular weight is 475 g/mol. The van der Waals surface area contributed by atoms with Gasteiger partial charge in [-0.25, -0.2) is 4.79 Å². The molecule has 2 atom stereocenters. The van der Waals surface area contributed by atoms with Crippen LogP contribution in [0.25, 0.3) is 0 Å². The molecule has 9 nitrogen and oxygen atoms in total. The topological polar surface area (TPSA) is 88.2 Å². The molecular weight excluding hydrogens is 444 g/mol. The number of halogens is 1. The smallest absolute Gasteiger partial charge is 0.319 e. The molecule has 0 bridgehead atoms. The largest absolute Gasteiger partial charge is 0.361 e. The van der Waals surface area contributed by atoms with Crippen LogP contribution in [0, 0.1) is 5.41 Å². The van der Waals surface area contributed by atoms with Crippen LogP contribution >= 0.6 is 11.6 Å². The lowest BCUT2D eigenvalue weighted by Crippen LogP contribution is -2.55. The number of amides is 4. The fraction of sp³-hybridized carbons (Fsp3) is 0.522. The van der Waals surface area contributed by atoms with Crippen LogP contribution < -0.4 is 10.6 Å². The van der Waals surface area contributed by atoms with E-state index in [2.05, 4.69) is 10.6 Å².